The Balaban J connectivity index is 1.90. The lowest BCUT2D eigenvalue weighted by Gasteiger charge is -2.28. The van der Waals surface area contributed by atoms with Crippen molar-refractivity contribution in [2.75, 3.05) is 5.73 Å². The number of anilines is 1. The molecule has 1 fully saturated rings. The minimum absolute atomic E-state index is 0.0372. The maximum Gasteiger partial charge on any atom is 0.231 e. The topological polar surface area (TPSA) is 80.9 Å². The zero-order valence-electron chi connectivity index (χ0n) is 14.8. The lowest BCUT2D eigenvalue weighted by Crippen LogP contribution is -2.47. The highest BCUT2D eigenvalue weighted by Gasteiger charge is 2.67. The second-order valence-corrected chi connectivity index (χ2v) is 8.87. The molecule has 0 aliphatic heterocycles. The van der Waals surface area contributed by atoms with Crippen molar-refractivity contribution in [2.24, 2.45) is 5.41 Å². The van der Waals surface area contributed by atoms with Crippen molar-refractivity contribution in [3.8, 4) is 0 Å². The first kappa shape index (κ1) is 16.9. The van der Waals surface area contributed by atoms with E-state index < -0.39 is 11.0 Å². The molecule has 0 unspecified atom stereocenters. The van der Waals surface area contributed by atoms with Crippen LogP contribution < -0.4 is 11.1 Å². The van der Waals surface area contributed by atoms with E-state index in [9.17, 15) is 4.79 Å². The Morgan fingerprint density at radius 3 is 2.29 bits per heavy atom. The summed E-state index contributed by atoms with van der Waals surface area (Å²) in [6, 6.07) is 8.27. The van der Waals surface area contributed by atoms with Gasteiger partial charge in [-0.2, -0.15) is 0 Å². The number of carbonyl (C=O) groups excluding carboxylic acids is 1. The molecule has 5 nitrogen and oxygen atoms in total. The third-order valence-corrected chi connectivity index (χ3v) is 6.15. The highest BCUT2D eigenvalue weighted by atomic mass is 32.1. The summed E-state index contributed by atoms with van der Waals surface area (Å²) in [5.74, 6) is 0.0372. The monoisotopic (exact) mass is 344 g/mol. The highest BCUT2D eigenvalue weighted by Crippen LogP contribution is 2.64. The Hall–Kier alpha value is -1.95. The number of nitrogen functional groups attached to an aromatic ring is 1. The van der Waals surface area contributed by atoms with Crippen LogP contribution in [0.25, 0.3) is 0 Å². The first-order valence-corrected chi connectivity index (χ1v) is 8.89. The van der Waals surface area contributed by atoms with Crippen molar-refractivity contribution in [3.63, 3.8) is 0 Å². The van der Waals surface area contributed by atoms with Crippen LogP contribution >= 0.6 is 11.3 Å². The van der Waals surface area contributed by atoms with Crippen LogP contribution in [0.5, 0.6) is 0 Å². The molecule has 6 heteroatoms. The lowest BCUT2D eigenvalue weighted by atomic mass is 9.85. The smallest absolute Gasteiger partial charge is 0.231 e. The van der Waals surface area contributed by atoms with Gasteiger partial charge in [0, 0.05) is 0 Å². The Kier molecular flexibility index (Phi) is 3.71. The van der Waals surface area contributed by atoms with E-state index in [1.54, 1.807) is 0 Å². The van der Waals surface area contributed by atoms with E-state index in [0.717, 1.165) is 12.0 Å². The predicted octanol–water partition coefficient (Wildman–Crippen LogP) is 3.15. The molecule has 3 N–H and O–H groups in total. The fourth-order valence-electron chi connectivity index (χ4n) is 3.40. The van der Waals surface area contributed by atoms with Crippen molar-refractivity contribution in [1.29, 1.82) is 0 Å². The van der Waals surface area contributed by atoms with Crippen LogP contribution in [0.15, 0.2) is 24.3 Å². The standard InChI is InChI=1S/C18H24N4OS/c1-11-6-8-12(9-7-11)18(10-16(18,2)3)13(23)20-17(4,5)14-21-22-15(19)24-14/h6-9H,10H2,1-5H3,(H2,19,22)(H,20,23)/t18-/m0/s1. The Bertz CT molecular complexity index is 779. The molecule has 1 aromatic carbocycles. The normalized spacial score (nSPS) is 22.2. The summed E-state index contributed by atoms with van der Waals surface area (Å²) in [6.45, 7) is 10.2. The van der Waals surface area contributed by atoms with Crippen molar-refractivity contribution in [1.82, 2.24) is 15.5 Å². The Morgan fingerprint density at radius 1 is 1.25 bits per heavy atom. The van der Waals surface area contributed by atoms with Crippen LogP contribution in [-0.4, -0.2) is 16.1 Å². The van der Waals surface area contributed by atoms with Gasteiger partial charge in [-0.1, -0.05) is 55.0 Å². The van der Waals surface area contributed by atoms with Crippen LogP contribution in [0.3, 0.4) is 0 Å². The van der Waals surface area contributed by atoms with Crippen molar-refractivity contribution < 1.29 is 4.79 Å². The Morgan fingerprint density at radius 2 is 1.83 bits per heavy atom. The van der Waals surface area contributed by atoms with E-state index in [1.807, 2.05) is 13.8 Å². The van der Waals surface area contributed by atoms with Crippen LogP contribution in [0.2, 0.25) is 0 Å². The number of carbonyl (C=O) groups is 1. The van der Waals surface area contributed by atoms with Gasteiger partial charge < -0.3 is 11.1 Å². The highest BCUT2D eigenvalue weighted by molar-refractivity contribution is 7.15. The van der Waals surface area contributed by atoms with E-state index in [0.29, 0.717) is 10.1 Å². The molecule has 1 heterocycles. The molecule has 1 saturated carbocycles. The third kappa shape index (κ3) is 2.59. The molecule has 3 rings (SSSR count). The molecule has 0 bridgehead atoms. The summed E-state index contributed by atoms with van der Waals surface area (Å²) in [7, 11) is 0. The molecule has 0 radical (unpaired) electrons. The molecule has 2 aromatic rings. The molecule has 128 valence electrons. The first-order valence-electron chi connectivity index (χ1n) is 8.08. The minimum Gasteiger partial charge on any atom is -0.374 e. The fraction of sp³-hybridized carbons (Fsp3) is 0.500. The number of nitrogens with one attached hydrogen (secondary N) is 1. The molecule has 1 aliphatic carbocycles. The van der Waals surface area contributed by atoms with Crippen molar-refractivity contribution in [2.45, 2.75) is 52.0 Å². The van der Waals surface area contributed by atoms with E-state index in [-0.39, 0.29) is 11.3 Å². The number of rotatable bonds is 4. The molecule has 1 amide bonds. The second kappa shape index (κ2) is 5.28. The quantitative estimate of drug-likeness (QED) is 0.893. The van der Waals surface area contributed by atoms with E-state index in [4.69, 9.17) is 5.73 Å². The summed E-state index contributed by atoms with van der Waals surface area (Å²) >= 11 is 1.31. The molecule has 0 saturated heterocycles. The van der Waals surface area contributed by atoms with Gasteiger partial charge in [0.2, 0.25) is 11.0 Å². The van der Waals surface area contributed by atoms with Crippen LogP contribution in [-0.2, 0) is 15.7 Å². The zero-order chi connectivity index (χ0) is 17.8. The maximum absolute atomic E-state index is 13.2. The molecular weight excluding hydrogens is 320 g/mol. The summed E-state index contributed by atoms with van der Waals surface area (Å²) in [4.78, 5) is 13.2. The van der Waals surface area contributed by atoms with Gasteiger partial charge in [0.05, 0.1) is 11.0 Å². The van der Waals surface area contributed by atoms with Crippen LogP contribution in [0.1, 0.15) is 50.3 Å². The predicted molar refractivity (Wildman–Crippen MR) is 96.7 cm³/mol. The van der Waals surface area contributed by atoms with Gasteiger partial charge in [0.25, 0.3) is 0 Å². The summed E-state index contributed by atoms with van der Waals surface area (Å²) < 4.78 is 0. The maximum atomic E-state index is 13.2. The first-order chi connectivity index (χ1) is 11.1. The second-order valence-electron chi connectivity index (χ2n) is 7.86. The zero-order valence-corrected chi connectivity index (χ0v) is 15.6. The van der Waals surface area contributed by atoms with Crippen LogP contribution in [0, 0.1) is 12.3 Å². The number of nitrogens with two attached hydrogens (primary N) is 1. The number of benzene rings is 1. The number of hydrogen-bond acceptors (Lipinski definition) is 5. The fourth-order valence-corrected chi connectivity index (χ4v) is 4.07. The van der Waals surface area contributed by atoms with Gasteiger partial charge >= 0.3 is 0 Å². The van der Waals surface area contributed by atoms with Gasteiger partial charge in [-0.15, -0.1) is 10.2 Å². The molecule has 0 spiro atoms. The number of amides is 1. The summed E-state index contributed by atoms with van der Waals surface area (Å²) in [6.07, 6.45) is 0.837. The van der Waals surface area contributed by atoms with Gasteiger partial charge in [0.15, 0.2) is 0 Å². The summed E-state index contributed by atoms with van der Waals surface area (Å²) in [5, 5.41) is 12.2. The van der Waals surface area contributed by atoms with E-state index >= 15 is 0 Å². The molecular formula is C18H24N4OS. The SMILES string of the molecule is Cc1ccc([C@]2(C(=O)NC(C)(C)c3nnc(N)s3)CC2(C)C)cc1. The molecule has 1 atom stereocenters. The van der Waals surface area contributed by atoms with Gasteiger partial charge in [-0.3, -0.25) is 4.79 Å². The number of hydrogen-bond donors (Lipinski definition) is 2. The van der Waals surface area contributed by atoms with Crippen molar-refractivity contribution >= 4 is 22.4 Å². The molecule has 1 aliphatic rings. The van der Waals surface area contributed by atoms with Crippen molar-refractivity contribution in [3.05, 3.63) is 40.4 Å². The largest absolute Gasteiger partial charge is 0.374 e. The van der Waals surface area contributed by atoms with Gasteiger partial charge in [-0.05, 0) is 38.2 Å². The minimum atomic E-state index is -0.608. The van der Waals surface area contributed by atoms with Crippen LogP contribution in [0.4, 0.5) is 5.13 Å². The Labute approximate surface area is 146 Å². The average molecular weight is 344 g/mol. The number of aromatic nitrogens is 2. The van der Waals surface area contributed by atoms with Gasteiger partial charge in [-0.25, -0.2) is 0 Å². The van der Waals surface area contributed by atoms with E-state index in [2.05, 4.69) is 60.6 Å². The third-order valence-electron chi connectivity index (χ3n) is 5.07. The van der Waals surface area contributed by atoms with E-state index in [1.165, 1.54) is 16.9 Å². The average Bonchev–Trinajstić information content (AvgIpc) is 2.84. The summed E-state index contributed by atoms with van der Waals surface area (Å²) in [5.41, 5.74) is 6.78. The number of nitrogens with zero attached hydrogens (tertiary/aromatic N) is 2. The lowest BCUT2D eigenvalue weighted by molar-refractivity contribution is -0.126. The number of aryl methyl sites for hydroxylation is 1. The van der Waals surface area contributed by atoms with Gasteiger partial charge in [0.1, 0.15) is 5.01 Å². The molecule has 24 heavy (non-hydrogen) atoms. The molecule has 1 aromatic heterocycles.